The molecule has 1 fully saturated rings. The first-order valence-electron chi connectivity index (χ1n) is 8.71. The van der Waals surface area contributed by atoms with Crippen LogP contribution in [-0.4, -0.2) is 32.3 Å². The predicted molar refractivity (Wildman–Crippen MR) is 110 cm³/mol. The molecule has 1 aliphatic carbocycles. The second kappa shape index (κ2) is 6.19. The number of aromatic nitrogens is 3. The van der Waals surface area contributed by atoms with Crippen molar-refractivity contribution < 1.29 is 9.59 Å². The highest BCUT2D eigenvalue weighted by Gasteiger charge is 2.24. The standard InChI is InChI=1S/C20H15IN4O2/c21-13-3-1-2-11(8-13)18(26)15-10-22-25-17-9-12(20(27)23-14-5-6-14)4-7-16(17)24-19(15)25/h1-4,7-10,14,22H,5-6H2,(H,23,27). The molecule has 134 valence electrons. The number of amides is 1. The number of halogens is 1. The van der Waals surface area contributed by atoms with Gasteiger partial charge in [0.1, 0.15) is 0 Å². The van der Waals surface area contributed by atoms with Gasteiger partial charge in [-0.05, 0) is 65.8 Å². The number of carbonyl (C=O) groups is 2. The van der Waals surface area contributed by atoms with Gasteiger partial charge in [-0.1, -0.05) is 12.1 Å². The molecule has 0 radical (unpaired) electrons. The number of ketones is 1. The zero-order valence-electron chi connectivity index (χ0n) is 14.2. The second-order valence-corrected chi connectivity index (χ2v) is 7.99. The molecule has 0 bridgehead atoms. The number of fused-ring (bicyclic) bond motifs is 3. The average molecular weight is 470 g/mol. The molecule has 4 aromatic rings. The summed E-state index contributed by atoms with van der Waals surface area (Å²) in [7, 11) is 0. The maximum Gasteiger partial charge on any atom is 0.251 e. The van der Waals surface area contributed by atoms with E-state index in [1.165, 1.54) is 0 Å². The van der Waals surface area contributed by atoms with Gasteiger partial charge in [-0.2, -0.15) is 0 Å². The van der Waals surface area contributed by atoms with Crippen LogP contribution in [0.15, 0.2) is 48.7 Å². The summed E-state index contributed by atoms with van der Waals surface area (Å²) in [5.41, 5.74) is 3.80. The van der Waals surface area contributed by atoms with Crippen LogP contribution in [0, 0.1) is 3.57 Å². The third-order valence-corrected chi connectivity index (χ3v) is 5.41. The molecular weight excluding hydrogens is 455 g/mol. The van der Waals surface area contributed by atoms with Gasteiger partial charge in [0.2, 0.25) is 0 Å². The van der Waals surface area contributed by atoms with E-state index in [4.69, 9.17) is 0 Å². The Morgan fingerprint density at radius 2 is 2.00 bits per heavy atom. The van der Waals surface area contributed by atoms with E-state index >= 15 is 0 Å². The van der Waals surface area contributed by atoms with Crippen molar-refractivity contribution >= 4 is 51.0 Å². The van der Waals surface area contributed by atoms with Gasteiger partial charge < -0.3 is 5.32 Å². The van der Waals surface area contributed by atoms with Crippen LogP contribution in [0.25, 0.3) is 16.7 Å². The van der Waals surface area contributed by atoms with Crippen LogP contribution in [0.4, 0.5) is 0 Å². The highest BCUT2D eigenvalue weighted by Crippen LogP contribution is 2.24. The molecule has 27 heavy (non-hydrogen) atoms. The van der Waals surface area contributed by atoms with Gasteiger partial charge in [-0.3, -0.25) is 14.7 Å². The van der Waals surface area contributed by atoms with E-state index in [1.54, 1.807) is 22.8 Å². The molecule has 0 atom stereocenters. The van der Waals surface area contributed by atoms with Gasteiger partial charge in [-0.15, -0.1) is 0 Å². The summed E-state index contributed by atoms with van der Waals surface area (Å²) in [6.45, 7) is 0. The lowest BCUT2D eigenvalue weighted by Gasteiger charge is -2.02. The number of nitrogens with one attached hydrogen (secondary N) is 2. The Morgan fingerprint density at radius 1 is 1.15 bits per heavy atom. The Bertz CT molecular complexity index is 1220. The first-order valence-corrected chi connectivity index (χ1v) is 9.79. The van der Waals surface area contributed by atoms with Crippen LogP contribution < -0.4 is 5.32 Å². The molecular formula is C20H15IN4O2. The first kappa shape index (κ1) is 16.5. The van der Waals surface area contributed by atoms with Crippen molar-refractivity contribution in [2.45, 2.75) is 18.9 Å². The van der Waals surface area contributed by atoms with Gasteiger partial charge in [-0.25, -0.2) is 9.50 Å². The van der Waals surface area contributed by atoms with E-state index in [0.29, 0.717) is 28.4 Å². The summed E-state index contributed by atoms with van der Waals surface area (Å²) in [6.07, 6.45) is 3.76. The molecule has 0 aliphatic heterocycles. The molecule has 1 aliphatic rings. The number of H-pyrrole nitrogens is 1. The topological polar surface area (TPSA) is 79.3 Å². The maximum absolute atomic E-state index is 12.9. The Hall–Kier alpha value is -2.68. The number of nitrogens with zero attached hydrogens (tertiary/aromatic N) is 2. The predicted octanol–water partition coefficient (Wildman–Crippen LogP) is 3.54. The zero-order chi connectivity index (χ0) is 18.5. The molecule has 2 N–H and O–H groups in total. The molecule has 5 rings (SSSR count). The smallest absolute Gasteiger partial charge is 0.251 e. The van der Waals surface area contributed by atoms with Crippen LogP contribution in [0.2, 0.25) is 0 Å². The average Bonchev–Trinajstić information content (AvgIpc) is 3.26. The number of imidazole rings is 1. The van der Waals surface area contributed by atoms with E-state index < -0.39 is 0 Å². The molecule has 0 saturated heterocycles. The minimum Gasteiger partial charge on any atom is -0.349 e. The molecule has 1 amide bonds. The van der Waals surface area contributed by atoms with Crippen molar-refractivity contribution in [2.24, 2.45) is 0 Å². The molecule has 0 spiro atoms. The van der Waals surface area contributed by atoms with E-state index in [-0.39, 0.29) is 11.7 Å². The molecule has 6 nitrogen and oxygen atoms in total. The normalized spacial score (nSPS) is 14.0. The summed E-state index contributed by atoms with van der Waals surface area (Å²) in [5, 5.41) is 6.09. The highest BCUT2D eigenvalue weighted by atomic mass is 127. The van der Waals surface area contributed by atoms with Crippen molar-refractivity contribution in [1.82, 2.24) is 19.9 Å². The van der Waals surface area contributed by atoms with E-state index in [2.05, 4.69) is 38.0 Å². The Labute approximate surface area is 168 Å². The van der Waals surface area contributed by atoms with Crippen molar-refractivity contribution in [2.75, 3.05) is 0 Å². The van der Waals surface area contributed by atoms with Crippen LogP contribution in [-0.2, 0) is 0 Å². The lowest BCUT2D eigenvalue weighted by molar-refractivity contribution is 0.0950. The van der Waals surface area contributed by atoms with E-state index in [1.807, 2.05) is 30.3 Å². The minimum atomic E-state index is -0.0817. The molecule has 0 unspecified atom stereocenters. The van der Waals surface area contributed by atoms with Gasteiger partial charge in [0.25, 0.3) is 5.91 Å². The van der Waals surface area contributed by atoms with Gasteiger partial charge >= 0.3 is 0 Å². The number of carbonyl (C=O) groups excluding carboxylic acids is 2. The molecule has 2 heterocycles. The molecule has 2 aromatic carbocycles. The Balaban J connectivity index is 1.57. The third kappa shape index (κ3) is 2.91. The maximum atomic E-state index is 12.9. The number of hydrogen-bond donors (Lipinski definition) is 2. The van der Waals surface area contributed by atoms with Gasteiger partial charge in [0.05, 0.1) is 16.6 Å². The lowest BCUT2D eigenvalue weighted by Crippen LogP contribution is -2.25. The van der Waals surface area contributed by atoms with Crippen molar-refractivity contribution in [3.05, 3.63) is 68.9 Å². The van der Waals surface area contributed by atoms with Crippen LogP contribution in [0.1, 0.15) is 39.1 Å². The zero-order valence-corrected chi connectivity index (χ0v) is 16.4. The van der Waals surface area contributed by atoms with Crippen molar-refractivity contribution in [1.29, 1.82) is 0 Å². The fourth-order valence-electron chi connectivity index (χ4n) is 3.17. The Morgan fingerprint density at radius 3 is 2.78 bits per heavy atom. The number of benzene rings is 2. The summed E-state index contributed by atoms with van der Waals surface area (Å²) in [5.74, 6) is -0.155. The first-order chi connectivity index (χ1) is 13.1. The van der Waals surface area contributed by atoms with Crippen LogP contribution in [0.5, 0.6) is 0 Å². The monoisotopic (exact) mass is 470 g/mol. The summed E-state index contributed by atoms with van der Waals surface area (Å²) < 4.78 is 2.76. The van der Waals surface area contributed by atoms with Gasteiger partial charge in [0.15, 0.2) is 11.4 Å². The SMILES string of the molecule is O=C(NC1CC1)c1ccc2nc3c(C(=O)c4cccc(I)c4)c[nH]n3c2c1. The fraction of sp³-hybridized carbons (Fsp3) is 0.150. The molecule has 7 heteroatoms. The minimum absolute atomic E-state index is 0.0731. The van der Waals surface area contributed by atoms with Gasteiger partial charge in [0, 0.05) is 26.9 Å². The summed E-state index contributed by atoms with van der Waals surface area (Å²) >= 11 is 2.19. The lowest BCUT2D eigenvalue weighted by atomic mass is 10.1. The largest absolute Gasteiger partial charge is 0.349 e. The number of aromatic amines is 1. The Kier molecular flexibility index (Phi) is 3.78. The number of hydrogen-bond acceptors (Lipinski definition) is 3. The van der Waals surface area contributed by atoms with Crippen LogP contribution >= 0.6 is 22.6 Å². The van der Waals surface area contributed by atoms with E-state index in [9.17, 15) is 9.59 Å². The number of rotatable bonds is 4. The summed E-state index contributed by atoms with van der Waals surface area (Å²) in [4.78, 5) is 29.8. The quantitative estimate of drug-likeness (QED) is 0.354. The van der Waals surface area contributed by atoms with Crippen molar-refractivity contribution in [3.63, 3.8) is 0 Å². The van der Waals surface area contributed by atoms with Crippen molar-refractivity contribution in [3.8, 4) is 0 Å². The fourth-order valence-corrected chi connectivity index (χ4v) is 3.71. The second-order valence-electron chi connectivity index (χ2n) is 6.75. The van der Waals surface area contributed by atoms with Crippen LogP contribution in [0.3, 0.4) is 0 Å². The highest BCUT2D eigenvalue weighted by molar-refractivity contribution is 14.1. The van der Waals surface area contributed by atoms with E-state index in [0.717, 1.165) is 27.4 Å². The third-order valence-electron chi connectivity index (χ3n) is 4.74. The molecule has 1 saturated carbocycles. The summed E-state index contributed by atoms with van der Waals surface area (Å²) in [6, 6.07) is 13.2. The molecule has 2 aromatic heterocycles.